The Bertz CT molecular complexity index is 1120. The first kappa shape index (κ1) is 19.5. The van der Waals surface area contributed by atoms with E-state index < -0.39 is 5.82 Å². The van der Waals surface area contributed by atoms with Crippen LogP contribution in [-0.4, -0.2) is 47.8 Å². The van der Waals surface area contributed by atoms with Crippen LogP contribution in [0.15, 0.2) is 40.8 Å². The van der Waals surface area contributed by atoms with Crippen LogP contribution in [0.2, 0.25) is 5.02 Å². The van der Waals surface area contributed by atoms with Crippen molar-refractivity contribution in [3.8, 4) is 0 Å². The van der Waals surface area contributed by atoms with Crippen LogP contribution in [-0.2, 0) is 0 Å². The fourth-order valence-electron chi connectivity index (χ4n) is 3.68. The number of furan rings is 1. The average molecular weight is 415 g/mol. The van der Waals surface area contributed by atoms with Crippen LogP contribution in [0.3, 0.4) is 0 Å². The number of amides is 2. The topological polar surface area (TPSA) is 53.8 Å². The number of para-hydroxylation sites is 1. The molecule has 1 aliphatic heterocycles. The maximum Gasteiger partial charge on any atom is 0.290 e. The van der Waals surface area contributed by atoms with Gasteiger partial charge >= 0.3 is 0 Å². The minimum absolute atomic E-state index is 0.0850. The monoisotopic (exact) mass is 414 g/mol. The predicted octanol–water partition coefficient (Wildman–Crippen LogP) is 4.44. The summed E-state index contributed by atoms with van der Waals surface area (Å²) in [5.74, 6) is -0.586. The molecule has 0 saturated carbocycles. The van der Waals surface area contributed by atoms with E-state index in [4.69, 9.17) is 16.0 Å². The van der Waals surface area contributed by atoms with E-state index in [9.17, 15) is 14.0 Å². The van der Waals surface area contributed by atoms with E-state index >= 15 is 0 Å². The second-order valence-corrected chi connectivity index (χ2v) is 7.62. The maximum absolute atomic E-state index is 13.2. The molecule has 150 valence electrons. The molecule has 0 atom stereocenters. The van der Waals surface area contributed by atoms with Crippen LogP contribution in [0.1, 0.15) is 32.0 Å². The average Bonchev–Trinajstić information content (AvgIpc) is 3.05. The fraction of sp³-hybridized carbons (Fsp3) is 0.273. The summed E-state index contributed by atoms with van der Waals surface area (Å²) in [7, 11) is 0. The fourth-order valence-corrected chi connectivity index (χ4v) is 3.93. The van der Waals surface area contributed by atoms with Gasteiger partial charge < -0.3 is 14.2 Å². The summed E-state index contributed by atoms with van der Waals surface area (Å²) >= 11 is 6.01. The zero-order chi connectivity index (χ0) is 20.7. The molecule has 4 rings (SSSR count). The number of hydrogen-bond donors (Lipinski definition) is 0. The van der Waals surface area contributed by atoms with Crippen molar-refractivity contribution in [2.24, 2.45) is 0 Å². The first-order chi connectivity index (χ1) is 13.9. The number of hydrogen-bond acceptors (Lipinski definition) is 3. The Labute approximate surface area is 172 Å². The lowest BCUT2D eigenvalue weighted by molar-refractivity contribution is 0.0519. The molecule has 1 aromatic heterocycles. The smallest absolute Gasteiger partial charge is 0.290 e. The summed E-state index contributed by atoms with van der Waals surface area (Å²) in [5.41, 5.74) is 2.80. The molecule has 0 N–H and O–H groups in total. The van der Waals surface area contributed by atoms with E-state index in [1.54, 1.807) is 9.80 Å². The quantitative estimate of drug-likeness (QED) is 0.623. The molecule has 0 bridgehead atoms. The summed E-state index contributed by atoms with van der Waals surface area (Å²) < 4.78 is 19.1. The molecule has 2 aromatic carbocycles. The normalized spacial score (nSPS) is 14.5. The van der Waals surface area contributed by atoms with E-state index in [1.165, 1.54) is 12.1 Å². The Balaban J connectivity index is 1.48. The Hall–Kier alpha value is -2.86. The summed E-state index contributed by atoms with van der Waals surface area (Å²) in [6.07, 6.45) is 0. The number of aryl methyl sites for hydroxylation is 2. The molecule has 5 nitrogen and oxygen atoms in total. The van der Waals surface area contributed by atoms with Crippen LogP contribution in [0, 0.1) is 19.7 Å². The van der Waals surface area contributed by atoms with E-state index in [0.717, 1.165) is 28.2 Å². The number of nitrogens with zero attached hydrogens (tertiary/aromatic N) is 2. The van der Waals surface area contributed by atoms with Gasteiger partial charge in [-0.2, -0.15) is 0 Å². The minimum Gasteiger partial charge on any atom is -0.450 e. The van der Waals surface area contributed by atoms with Gasteiger partial charge in [0.2, 0.25) is 0 Å². The van der Waals surface area contributed by atoms with Gasteiger partial charge in [0, 0.05) is 37.1 Å². The van der Waals surface area contributed by atoms with Gasteiger partial charge in [0.1, 0.15) is 11.4 Å². The Morgan fingerprint density at radius 3 is 2.28 bits per heavy atom. The Morgan fingerprint density at radius 1 is 1.00 bits per heavy atom. The van der Waals surface area contributed by atoms with Gasteiger partial charge in [0.15, 0.2) is 5.76 Å². The molecule has 2 amide bonds. The number of carbonyl (C=O) groups is 2. The van der Waals surface area contributed by atoms with Crippen LogP contribution in [0.5, 0.6) is 0 Å². The highest BCUT2D eigenvalue weighted by Crippen LogP contribution is 2.29. The number of benzene rings is 2. The zero-order valence-corrected chi connectivity index (χ0v) is 16.9. The lowest BCUT2D eigenvalue weighted by Crippen LogP contribution is -2.50. The van der Waals surface area contributed by atoms with Crippen molar-refractivity contribution in [3.05, 3.63) is 69.7 Å². The number of carbonyl (C=O) groups excluding carboxylic acids is 2. The molecule has 7 heteroatoms. The second-order valence-electron chi connectivity index (χ2n) is 7.22. The molecule has 1 fully saturated rings. The number of rotatable bonds is 2. The molecule has 0 radical (unpaired) electrons. The molecule has 0 aliphatic carbocycles. The molecular formula is C22H20ClFN2O3. The third kappa shape index (κ3) is 3.49. The van der Waals surface area contributed by atoms with Crippen LogP contribution in [0.4, 0.5) is 4.39 Å². The largest absolute Gasteiger partial charge is 0.450 e. The van der Waals surface area contributed by atoms with Gasteiger partial charge in [0.05, 0.1) is 10.6 Å². The van der Waals surface area contributed by atoms with Gasteiger partial charge in [-0.3, -0.25) is 9.59 Å². The molecular weight excluding hydrogens is 395 g/mol. The van der Waals surface area contributed by atoms with Crippen molar-refractivity contribution in [2.45, 2.75) is 13.8 Å². The third-order valence-corrected chi connectivity index (χ3v) is 5.68. The van der Waals surface area contributed by atoms with Crippen LogP contribution < -0.4 is 0 Å². The maximum atomic E-state index is 13.2. The first-order valence-corrected chi connectivity index (χ1v) is 9.77. The van der Waals surface area contributed by atoms with E-state index in [2.05, 4.69) is 0 Å². The van der Waals surface area contributed by atoms with Crippen molar-refractivity contribution in [3.63, 3.8) is 0 Å². The third-order valence-electron chi connectivity index (χ3n) is 5.37. The summed E-state index contributed by atoms with van der Waals surface area (Å²) in [5, 5.41) is 1.02. The zero-order valence-electron chi connectivity index (χ0n) is 16.2. The van der Waals surface area contributed by atoms with Crippen LogP contribution >= 0.6 is 11.6 Å². The van der Waals surface area contributed by atoms with Crippen molar-refractivity contribution in [2.75, 3.05) is 26.2 Å². The SMILES string of the molecule is Cc1c(C(=O)N2CCN(C(=O)c3ccc(F)cc3Cl)CC2)oc2c(C)cccc12. The molecule has 29 heavy (non-hydrogen) atoms. The molecule has 0 spiro atoms. The Kier molecular flexibility index (Phi) is 5.04. The van der Waals surface area contributed by atoms with E-state index in [1.807, 2.05) is 32.0 Å². The van der Waals surface area contributed by atoms with Crippen molar-refractivity contribution in [1.29, 1.82) is 0 Å². The summed E-state index contributed by atoms with van der Waals surface area (Å²) in [6.45, 7) is 5.35. The predicted molar refractivity (Wildman–Crippen MR) is 109 cm³/mol. The van der Waals surface area contributed by atoms with Gasteiger partial charge in [-0.05, 0) is 37.6 Å². The van der Waals surface area contributed by atoms with Gasteiger partial charge in [0.25, 0.3) is 11.8 Å². The first-order valence-electron chi connectivity index (χ1n) is 9.39. The number of piperazine rings is 1. The lowest BCUT2D eigenvalue weighted by atomic mass is 10.1. The number of halogens is 2. The van der Waals surface area contributed by atoms with Gasteiger partial charge in [-0.15, -0.1) is 0 Å². The Morgan fingerprint density at radius 2 is 1.66 bits per heavy atom. The highest BCUT2D eigenvalue weighted by Gasteiger charge is 2.29. The molecule has 2 heterocycles. The van der Waals surface area contributed by atoms with Crippen molar-refractivity contribution in [1.82, 2.24) is 9.80 Å². The van der Waals surface area contributed by atoms with E-state index in [0.29, 0.717) is 31.9 Å². The molecule has 3 aromatic rings. The van der Waals surface area contributed by atoms with Gasteiger partial charge in [-0.1, -0.05) is 29.8 Å². The molecule has 1 saturated heterocycles. The highest BCUT2D eigenvalue weighted by molar-refractivity contribution is 6.33. The van der Waals surface area contributed by atoms with Crippen molar-refractivity contribution < 1.29 is 18.4 Å². The summed E-state index contributed by atoms with van der Waals surface area (Å²) in [6, 6.07) is 9.56. The van der Waals surface area contributed by atoms with Crippen LogP contribution in [0.25, 0.3) is 11.0 Å². The molecule has 1 aliphatic rings. The molecule has 0 unspecified atom stereocenters. The van der Waals surface area contributed by atoms with Gasteiger partial charge in [-0.25, -0.2) is 4.39 Å². The van der Waals surface area contributed by atoms with E-state index in [-0.39, 0.29) is 22.4 Å². The summed E-state index contributed by atoms with van der Waals surface area (Å²) in [4.78, 5) is 29.0. The highest BCUT2D eigenvalue weighted by atomic mass is 35.5. The van der Waals surface area contributed by atoms with Crippen molar-refractivity contribution >= 4 is 34.4 Å². The lowest BCUT2D eigenvalue weighted by Gasteiger charge is -2.34. The number of fused-ring (bicyclic) bond motifs is 1. The standard InChI is InChI=1S/C22H20ClFN2O3/c1-13-4-3-5-16-14(2)20(29-19(13)16)22(28)26-10-8-25(9-11-26)21(27)17-7-6-15(24)12-18(17)23/h3-7,12H,8-11H2,1-2H3. The minimum atomic E-state index is -0.488. The second kappa shape index (κ2) is 7.52.